The molecule has 1 aliphatic heterocycles. The van der Waals surface area contributed by atoms with Crippen LogP contribution in [-0.2, 0) is 0 Å². The van der Waals surface area contributed by atoms with E-state index >= 15 is 0 Å². The predicted molar refractivity (Wildman–Crippen MR) is 61.9 cm³/mol. The zero-order valence-electron chi connectivity index (χ0n) is 9.92. The molecule has 1 rings (SSSR count). The smallest absolute Gasteiger partial charge is 0.0405 e. The Labute approximate surface area is 88.5 Å². The van der Waals surface area contributed by atoms with Crippen LogP contribution in [0.15, 0.2) is 11.8 Å². The minimum Gasteiger partial charge on any atom is -0.313 e. The van der Waals surface area contributed by atoms with Crippen molar-refractivity contribution in [2.24, 2.45) is 0 Å². The lowest BCUT2D eigenvalue weighted by Gasteiger charge is -2.27. The van der Waals surface area contributed by atoms with Gasteiger partial charge in [-0.2, -0.15) is 0 Å². The minimum atomic E-state index is 1.13. The number of nitrogens with zero attached hydrogens (tertiary/aromatic N) is 2. The molecule has 2 heteroatoms. The van der Waals surface area contributed by atoms with Gasteiger partial charge >= 0.3 is 0 Å². The first-order valence-corrected chi connectivity index (χ1v) is 5.96. The van der Waals surface area contributed by atoms with Gasteiger partial charge in [-0.15, -0.1) is 0 Å². The number of hydrogen-bond acceptors (Lipinski definition) is 2. The van der Waals surface area contributed by atoms with Gasteiger partial charge in [-0.25, -0.2) is 5.01 Å². The third-order valence-electron chi connectivity index (χ3n) is 2.77. The fourth-order valence-corrected chi connectivity index (χ4v) is 1.96. The first kappa shape index (κ1) is 11.6. The second-order valence-corrected chi connectivity index (χ2v) is 4.18. The highest BCUT2D eigenvalue weighted by Crippen LogP contribution is 2.15. The van der Waals surface area contributed by atoms with Crippen LogP contribution in [0.4, 0.5) is 0 Å². The van der Waals surface area contributed by atoms with Crippen LogP contribution < -0.4 is 0 Å². The van der Waals surface area contributed by atoms with E-state index in [0.717, 1.165) is 13.1 Å². The summed E-state index contributed by atoms with van der Waals surface area (Å²) in [7, 11) is 0. The molecule has 0 spiro atoms. The Kier molecular flexibility index (Phi) is 5.02. The van der Waals surface area contributed by atoms with Crippen molar-refractivity contribution in [3.63, 3.8) is 0 Å². The van der Waals surface area contributed by atoms with Crippen molar-refractivity contribution in [3.8, 4) is 0 Å². The summed E-state index contributed by atoms with van der Waals surface area (Å²) in [6.07, 6.45) is 7.70. The van der Waals surface area contributed by atoms with Gasteiger partial charge in [-0.1, -0.05) is 33.1 Å². The van der Waals surface area contributed by atoms with Gasteiger partial charge in [-0.3, -0.25) is 0 Å². The SMILES string of the molecule is CCCCCCN1C=C(C)CN1CC. The molecule has 0 radical (unpaired) electrons. The molecule has 82 valence electrons. The molecule has 0 N–H and O–H groups in total. The van der Waals surface area contributed by atoms with Gasteiger partial charge in [0.2, 0.25) is 0 Å². The molecule has 0 aliphatic carbocycles. The summed E-state index contributed by atoms with van der Waals surface area (Å²) < 4.78 is 0. The van der Waals surface area contributed by atoms with Crippen molar-refractivity contribution in [2.45, 2.75) is 46.5 Å². The van der Waals surface area contributed by atoms with Crippen molar-refractivity contribution in [3.05, 3.63) is 11.8 Å². The first-order chi connectivity index (χ1) is 6.77. The molecule has 0 aromatic carbocycles. The normalized spacial score (nSPS) is 17.6. The highest BCUT2D eigenvalue weighted by atomic mass is 15.6. The van der Waals surface area contributed by atoms with E-state index in [2.05, 4.69) is 37.0 Å². The van der Waals surface area contributed by atoms with Gasteiger partial charge in [0.25, 0.3) is 0 Å². The Bertz CT molecular complexity index is 187. The molecule has 0 amide bonds. The fraction of sp³-hybridized carbons (Fsp3) is 0.833. The molecule has 0 aromatic heterocycles. The summed E-state index contributed by atoms with van der Waals surface area (Å²) in [6, 6.07) is 0. The highest BCUT2D eigenvalue weighted by molar-refractivity contribution is 5.04. The molecule has 0 fully saturated rings. The molecule has 0 unspecified atom stereocenters. The monoisotopic (exact) mass is 196 g/mol. The minimum absolute atomic E-state index is 1.13. The molecule has 2 nitrogen and oxygen atoms in total. The van der Waals surface area contributed by atoms with Crippen LogP contribution in [0.2, 0.25) is 0 Å². The predicted octanol–water partition coefficient (Wildman–Crippen LogP) is 3.02. The zero-order valence-corrected chi connectivity index (χ0v) is 9.92. The van der Waals surface area contributed by atoms with Crippen LogP contribution in [0.25, 0.3) is 0 Å². The summed E-state index contributed by atoms with van der Waals surface area (Å²) in [4.78, 5) is 0. The topological polar surface area (TPSA) is 6.48 Å². The first-order valence-electron chi connectivity index (χ1n) is 5.96. The summed E-state index contributed by atoms with van der Waals surface area (Å²) in [6.45, 7) is 10.2. The van der Waals surface area contributed by atoms with E-state index in [4.69, 9.17) is 0 Å². The number of unbranched alkanes of at least 4 members (excludes halogenated alkanes) is 3. The Balaban J connectivity index is 2.21. The lowest BCUT2D eigenvalue weighted by atomic mass is 10.2. The fourth-order valence-electron chi connectivity index (χ4n) is 1.96. The molecule has 0 saturated carbocycles. The Morgan fingerprint density at radius 2 is 2.00 bits per heavy atom. The van der Waals surface area contributed by atoms with E-state index in [1.807, 2.05) is 0 Å². The standard InChI is InChI=1S/C12H24N2/c1-4-6-7-8-9-14-11-12(3)10-13(14)5-2/h11H,4-10H2,1-3H3. The summed E-state index contributed by atoms with van der Waals surface area (Å²) in [5.74, 6) is 0. The van der Waals surface area contributed by atoms with E-state index in [0.29, 0.717) is 0 Å². The van der Waals surface area contributed by atoms with Gasteiger partial charge < -0.3 is 5.01 Å². The van der Waals surface area contributed by atoms with Crippen LogP contribution in [0, 0.1) is 0 Å². The maximum atomic E-state index is 2.42. The van der Waals surface area contributed by atoms with Gasteiger partial charge in [0.05, 0.1) is 0 Å². The maximum Gasteiger partial charge on any atom is 0.0405 e. The Hall–Kier alpha value is -0.500. The molecule has 0 aromatic rings. The maximum absolute atomic E-state index is 2.42. The molecule has 0 atom stereocenters. The zero-order chi connectivity index (χ0) is 10.4. The van der Waals surface area contributed by atoms with E-state index in [9.17, 15) is 0 Å². The van der Waals surface area contributed by atoms with Crippen molar-refractivity contribution < 1.29 is 0 Å². The molecular formula is C12H24N2. The second-order valence-electron chi connectivity index (χ2n) is 4.18. The summed E-state index contributed by atoms with van der Waals surface area (Å²) >= 11 is 0. The molecule has 1 heterocycles. The largest absolute Gasteiger partial charge is 0.313 e. The average molecular weight is 196 g/mol. The van der Waals surface area contributed by atoms with E-state index in [1.54, 1.807) is 0 Å². The summed E-state index contributed by atoms with van der Waals surface area (Å²) in [5.41, 5.74) is 1.49. The number of hydrazine groups is 1. The second kappa shape index (κ2) is 6.07. The molecule has 14 heavy (non-hydrogen) atoms. The summed E-state index contributed by atoms with van der Waals surface area (Å²) in [5, 5.41) is 4.81. The number of hydrogen-bond donors (Lipinski definition) is 0. The molecule has 0 saturated heterocycles. The van der Waals surface area contributed by atoms with E-state index in [1.165, 1.54) is 37.8 Å². The van der Waals surface area contributed by atoms with Crippen molar-refractivity contribution >= 4 is 0 Å². The van der Waals surface area contributed by atoms with Crippen LogP contribution in [0.3, 0.4) is 0 Å². The highest BCUT2D eigenvalue weighted by Gasteiger charge is 2.16. The van der Waals surface area contributed by atoms with Crippen LogP contribution in [0.5, 0.6) is 0 Å². The number of rotatable bonds is 6. The van der Waals surface area contributed by atoms with Crippen molar-refractivity contribution in [1.29, 1.82) is 0 Å². The van der Waals surface area contributed by atoms with Crippen LogP contribution in [-0.4, -0.2) is 29.7 Å². The van der Waals surface area contributed by atoms with Crippen molar-refractivity contribution in [1.82, 2.24) is 10.0 Å². The number of likely N-dealkylation sites (N-methyl/N-ethyl adjacent to an activating group) is 1. The van der Waals surface area contributed by atoms with Gasteiger partial charge in [0.1, 0.15) is 0 Å². The molecule has 0 bridgehead atoms. The molecule has 1 aliphatic rings. The Morgan fingerprint density at radius 3 is 2.64 bits per heavy atom. The third kappa shape index (κ3) is 3.33. The van der Waals surface area contributed by atoms with E-state index in [-0.39, 0.29) is 0 Å². The van der Waals surface area contributed by atoms with Crippen LogP contribution in [0.1, 0.15) is 46.5 Å². The van der Waals surface area contributed by atoms with Crippen LogP contribution >= 0.6 is 0 Å². The lowest BCUT2D eigenvalue weighted by molar-refractivity contribution is 0.0558. The molecular weight excluding hydrogens is 172 g/mol. The quantitative estimate of drug-likeness (QED) is 0.602. The Morgan fingerprint density at radius 1 is 1.21 bits per heavy atom. The van der Waals surface area contributed by atoms with E-state index < -0.39 is 0 Å². The van der Waals surface area contributed by atoms with Gasteiger partial charge in [0.15, 0.2) is 0 Å². The van der Waals surface area contributed by atoms with Crippen molar-refractivity contribution in [2.75, 3.05) is 19.6 Å². The third-order valence-corrected chi connectivity index (χ3v) is 2.77. The van der Waals surface area contributed by atoms with Gasteiger partial charge in [-0.05, 0) is 18.9 Å². The van der Waals surface area contributed by atoms with Gasteiger partial charge in [0, 0.05) is 25.8 Å². The average Bonchev–Trinajstić information content (AvgIpc) is 2.54. The lowest BCUT2D eigenvalue weighted by Crippen LogP contribution is -2.35.